The number of rotatable bonds is 7. The van der Waals surface area contributed by atoms with Crippen molar-refractivity contribution in [2.75, 3.05) is 26.5 Å². The lowest BCUT2D eigenvalue weighted by Gasteiger charge is -2.10. The molecular weight excluding hydrogens is 286 g/mol. The van der Waals surface area contributed by atoms with E-state index in [2.05, 4.69) is 0 Å². The number of carbonyl (C=O) groups is 1. The van der Waals surface area contributed by atoms with E-state index in [1.807, 2.05) is 0 Å². The Morgan fingerprint density at radius 2 is 2.10 bits per heavy atom. The van der Waals surface area contributed by atoms with E-state index < -0.39 is 16.0 Å². The lowest BCUT2D eigenvalue weighted by molar-refractivity contribution is 0.0463. The molecule has 0 fully saturated rings. The highest BCUT2D eigenvalue weighted by Crippen LogP contribution is 2.15. The average molecular weight is 305 g/mol. The van der Waals surface area contributed by atoms with Gasteiger partial charge in [0.1, 0.15) is 12.4 Å². The second-order valence-electron chi connectivity index (χ2n) is 4.47. The predicted molar refractivity (Wildman–Crippen MR) is 71.7 cm³/mol. The minimum absolute atomic E-state index is 0.0134. The molecule has 0 saturated heterocycles. The minimum Gasteiger partial charge on any atom is -0.460 e. The van der Waals surface area contributed by atoms with Crippen molar-refractivity contribution in [2.45, 2.75) is 20.0 Å². The van der Waals surface area contributed by atoms with Gasteiger partial charge in [0.15, 0.2) is 0 Å². The van der Waals surface area contributed by atoms with Crippen LogP contribution in [0.3, 0.4) is 0 Å². The Hall–Kier alpha value is -1.38. The highest BCUT2D eigenvalue weighted by atomic mass is 32.2. The van der Waals surface area contributed by atoms with E-state index in [1.165, 1.54) is 14.1 Å². The number of hydrogen-bond donors (Lipinski definition) is 1. The van der Waals surface area contributed by atoms with Gasteiger partial charge in [-0.25, -0.2) is 17.5 Å². The fourth-order valence-corrected chi connectivity index (χ4v) is 2.33. The zero-order valence-corrected chi connectivity index (χ0v) is 12.6. The molecule has 0 radical (unpaired) electrons. The average Bonchev–Trinajstić information content (AvgIpc) is 2.75. The van der Waals surface area contributed by atoms with E-state index in [9.17, 15) is 13.2 Å². The molecule has 0 aliphatic rings. The van der Waals surface area contributed by atoms with Crippen LogP contribution in [0.4, 0.5) is 0 Å². The Labute approximate surface area is 118 Å². The summed E-state index contributed by atoms with van der Waals surface area (Å²) >= 11 is 0. The smallest absolute Gasteiger partial charge is 0.374 e. The Morgan fingerprint density at radius 1 is 1.45 bits per heavy atom. The normalized spacial score (nSPS) is 11.8. The van der Waals surface area contributed by atoms with Crippen LogP contribution in [0.5, 0.6) is 0 Å². The van der Waals surface area contributed by atoms with Gasteiger partial charge in [-0.2, -0.15) is 0 Å². The molecule has 1 aromatic heterocycles. The maximum absolute atomic E-state index is 11.7. The molecule has 0 atom stereocenters. The summed E-state index contributed by atoms with van der Waals surface area (Å²) in [6.45, 7) is 1.35. The molecule has 0 bridgehead atoms. The summed E-state index contributed by atoms with van der Waals surface area (Å²) in [5.74, 6) is -0.439. The molecule has 7 nitrogen and oxygen atoms in total. The molecule has 0 aromatic carbocycles. The van der Waals surface area contributed by atoms with E-state index >= 15 is 0 Å². The molecule has 1 N–H and O–H groups in total. The van der Waals surface area contributed by atoms with Crippen molar-refractivity contribution in [1.82, 2.24) is 4.31 Å². The Balaban J connectivity index is 2.46. The third kappa shape index (κ3) is 4.32. The summed E-state index contributed by atoms with van der Waals surface area (Å²) < 4.78 is 34.1. The van der Waals surface area contributed by atoms with Crippen LogP contribution in [0.2, 0.25) is 0 Å². The van der Waals surface area contributed by atoms with Crippen molar-refractivity contribution < 1.29 is 27.5 Å². The number of furan rings is 1. The van der Waals surface area contributed by atoms with Gasteiger partial charge < -0.3 is 14.3 Å². The molecular formula is C12H19NO6S. The zero-order chi connectivity index (χ0) is 15.3. The number of aryl methyl sites for hydroxylation is 1. The third-order valence-electron chi connectivity index (χ3n) is 2.65. The molecule has 1 heterocycles. The maximum atomic E-state index is 11.7. The van der Waals surface area contributed by atoms with Gasteiger partial charge >= 0.3 is 5.97 Å². The topological polar surface area (TPSA) is 97.0 Å². The van der Waals surface area contributed by atoms with Crippen molar-refractivity contribution in [1.29, 1.82) is 0 Å². The molecule has 8 heteroatoms. The number of carbonyl (C=O) groups excluding carboxylic acids is 1. The molecule has 20 heavy (non-hydrogen) atoms. The van der Waals surface area contributed by atoms with E-state index in [0.717, 1.165) is 4.31 Å². The van der Waals surface area contributed by atoms with Crippen LogP contribution in [-0.2, 0) is 21.4 Å². The first-order valence-electron chi connectivity index (χ1n) is 6.05. The highest BCUT2D eigenvalue weighted by Gasteiger charge is 2.18. The highest BCUT2D eigenvalue weighted by molar-refractivity contribution is 7.89. The first kappa shape index (κ1) is 16.7. The van der Waals surface area contributed by atoms with E-state index in [4.69, 9.17) is 14.3 Å². The van der Waals surface area contributed by atoms with Crippen molar-refractivity contribution in [3.8, 4) is 0 Å². The van der Waals surface area contributed by atoms with Crippen LogP contribution in [0.25, 0.3) is 0 Å². The van der Waals surface area contributed by atoms with Gasteiger partial charge in [-0.05, 0) is 19.4 Å². The van der Waals surface area contributed by atoms with E-state index in [1.54, 1.807) is 13.0 Å². The number of ether oxygens (including phenoxy) is 1. The molecule has 0 aliphatic heterocycles. The molecule has 1 rings (SSSR count). The second-order valence-corrected chi connectivity index (χ2v) is 6.77. The summed E-state index contributed by atoms with van der Waals surface area (Å²) in [4.78, 5) is 11.7. The molecule has 0 spiro atoms. The first-order chi connectivity index (χ1) is 9.27. The summed E-state index contributed by atoms with van der Waals surface area (Å²) in [5, 5.41) is 8.90. The van der Waals surface area contributed by atoms with Crippen molar-refractivity contribution in [2.24, 2.45) is 0 Å². The summed E-state index contributed by atoms with van der Waals surface area (Å²) in [6.07, 6.45) is 0.207. The largest absolute Gasteiger partial charge is 0.460 e. The van der Waals surface area contributed by atoms with Crippen LogP contribution in [0.15, 0.2) is 10.5 Å². The Morgan fingerprint density at radius 3 is 2.60 bits per heavy atom. The fourth-order valence-electron chi connectivity index (χ4n) is 1.48. The van der Waals surface area contributed by atoms with Gasteiger partial charge in [0, 0.05) is 19.7 Å². The number of hydrogen-bond acceptors (Lipinski definition) is 6. The van der Waals surface area contributed by atoms with Gasteiger partial charge in [0.25, 0.3) is 0 Å². The summed E-state index contributed by atoms with van der Waals surface area (Å²) in [7, 11) is -0.386. The van der Waals surface area contributed by atoms with Crippen LogP contribution < -0.4 is 0 Å². The van der Waals surface area contributed by atoms with Gasteiger partial charge in [-0.1, -0.05) is 0 Å². The summed E-state index contributed by atoms with van der Waals surface area (Å²) in [5.41, 5.74) is 0.569. The summed E-state index contributed by atoms with van der Waals surface area (Å²) in [6, 6.07) is 1.55. The quantitative estimate of drug-likeness (QED) is 0.582. The van der Waals surface area contributed by atoms with Gasteiger partial charge in [-0.3, -0.25) is 0 Å². The van der Waals surface area contributed by atoms with Crippen molar-refractivity contribution in [3.63, 3.8) is 0 Å². The molecule has 0 unspecified atom stereocenters. The monoisotopic (exact) mass is 305 g/mol. The van der Waals surface area contributed by atoms with Gasteiger partial charge in [0.2, 0.25) is 15.8 Å². The molecule has 0 aliphatic carbocycles. The molecule has 0 saturated carbocycles. The first-order valence-corrected chi connectivity index (χ1v) is 7.66. The predicted octanol–water partition coefficient (Wildman–Crippen LogP) is 0.519. The maximum Gasteiger partial charge on any atom is 0.374 e. The van der Waals surface area contributed by atoms with Gasteiger partial charge in [0.05, 0.1) is 12.4 Å². The molecule has 0 amide bonds. The SMILES string of the molecule is Cc1cc(CO)oc1C(=O)OCCCS(=O)(=O)N(C)C. The van der Waals surface area contributed by atoms with E-state index in [-0.39, 0.29) is 36.9 Å². The number of nitrogens with zero attached hydrogens (tertiary/aromatic N) is 1. The number of sulfonamides is 1. The number of esters is 1. The number of aliphatic hydroxyl groups is 1. The van der Waals surface area contributed by atoms with Crippen LogP contribution >= 0.6 is 0 Å². The lowest BCUT2D eigenvalue weighted by atomic mass is 10.2. The van der Waals surface area contributed by atoms with Crippen molar-refractivity contribution >= 4 is 16.0 Å². The lowest BCUT2D eigenvalue weighted by Crippen LogP contribution is -2.25. The van der Waals surface area contributed by atoms with Crippen LogP contribution in [-0.4, -0.2) is 50.3 Å². The van der Waals surface area contributed by atoms with Crippen LogP contribution in [0, 0.1) is 6.92 Å². The Kier molecular flexibility index (Phi) is 5.73. The van der Waals surface area contributed by atoms with Gasteiger partial charge in [-0.15, -0.1) is 0 Å². The standard InChI is InChI=1S/C12H19NO6S/c1-9-7-10(8-14)19-11(9)12(15)18-5-4-6-20(16,17)13(2)3/h7,14H,4-6,8H2,1-3H3. The van der Waals surface area contributed by atoms with Crippen molar-refractivity contribution in [3.05, 3.63) is 23.2 Å². The minimum atomic E-state index is -3.28. The molecule has 114 valence electrons. The zero-order valence-electron chi connectivity index (χ0n) is 11.7. The third-order valence-corrected chi connectivity index (χ3v) is 4.56. The fraction of sp³-hybridized carbons (Fsp3) is 0.583. The number of aliphatic hydroxyl groups excluding tert-OH is 1. The van der Waals surface area contributed by atoms with E-state index in [0.29, 0.717) is 5.56 Å². The van der Waals surface area contributed by atoms with Crippen LogP contribution in [0.1, 0.15) is 28.3 Å². The second kappa shape index (κ2) is 6.87. The Bertz CT molecular complexity index is 561. The molecule has 1 aromatic rings.